The molecule has 4 aliphatic carbocycles. The predicted molar refractivity (Wildman–Crippen MR) is 636 cm³/mol. The maximum absolute atomic E-state index is 12.6. The quantitative estimate of drug-likeness (QED) is 0.171. The SMILES string of the molecule is CC(C)(C)C1CCCC1.CC(C)(C)C1CCCCC1.CC(C)(C)CC(C)(C)C.CC(C)(C)CC(C)(C)C(F)(F)F.CC(C)CC(C)(C)C.CCC(CC)C(C(CC)CC)C(C)(C)C.[2H]C(C)(C)C(C)(C)C.[2H]C([2H])(C(C)(C)C)C(C)(C)C.[2H]C([2H])(C(C)(C)C)C(C)(C)C(F)(F)F.[2H]C([2H])(C(C)C)C(C)(C)C.[2H]C([2H])(C)C(C)(C)C.[2H]C([2H])(C)C([2H])([2H])C(C)(C)C.[2H]C([2H])([2H])C([2H])(C([2H])([2H])C)C(C)(C)C.[2H]C1(C(C)(C)C)CCCC1.[2H]C1(C(C)(C)C)CCCCC1. The third-order valence-electron chi connectivity index (χ3n) is 24.7. The fraction of sp³-hybridized carbons (Fsp3) is 1.00. The smallest absolute Gasteiger partial charge is 0.171 e. The molecule has 1 unspecified atom stereocenters. The van der Waals surface area contributed by atoms with Gasteiger partial charge in [0.2, 0.25) is 0 Å². The molecule has 0 saturated heterocycles. The summed E-state index contributed by atoms with van der Waals surface area (Å²) in [5.41, 5.74) is -4.35. The average Bonchev–Trinajstić information content (AvgIpc) is 1.10. The van der Waals surface area contributed by atoms with Gasteiger partial charge in [0.15, 0.2) is 0 Å². The number of hydrogen-bond donors (Lipinski definition) is 0. The highest BCUT2D eigenvalue weighted by Crippen LogP contribution is 2.49. The van der Waals surface area contributed by atoms with Crippen molar-refractivity contribution in [3.8, 4) is 0 Å². The lowest BCUT2D eigenvalue weighted by Crippen LogP contribution is -2.35. The van der Waals surface area contributed by atoms with Gasteiger partial charge in [-0.25, -0.2) is 0 Å². The van der Waals surface area contributed by atoms with Crippen LogP contribution < -0.4 is 0 Å². The Labute approximate surface area is 913 Å². The van der Waals surface area contributed by atoms with Crippen LogP contribution in [0.15, 0.2) is 0 Å². The summed E-state index contributed by atoms with van der Waals surface area (Å²) in [6.45, 7) is 132. The van der Waals surface area contributed by atoms with Crippen LogP contribution in [0, 0.1) is 168 Å². The Hall–Kier alpha value is -0.420. The molecule has 856 valence electrons. The van der Waals surface area contributed by atoms with E-state index in [1.54, 1.807) is 48.5 Å². The van der Waals surface area contributed by atoms with Gasteiger partial charge in [-0.05, 0) is 253 Å². The van der Waals surface area contributed by atoms with Gasteiger partial charge in [0.1, 0.15) is 0 Å². The zero-order valence-corrected chi connectivity index (χ0v) is 108. The van der Waals surface area contributed by atoms with Gasteiger partial charge in [-0.1, -0.05) is 587 Å². The Morgan fingerprint density at radius 3 is 0.626 bits per heavy atom. The molecule has 0 aromatic carbocycles. The highest BCUT2D eigenvalue weighted by molar-refractivity contribution is 4.88. The summed E-state index contributed by atoms with van der Waals surface area (Å²) in [7, 11) is 0. The van der Waals surface area contributed by atoms with Crippen LogP contribution in [0.1, 0.15) is 712 Å². The molecule has 4 rings (SSSR count). The first-order valence-corrected chi connectivity index (χ1v) is 55.9. The van der Waals surface area contributed by atoms with E-state index >= 15 is 0 Å². The van der Waals surface area contributed by atoms with Crippen molar-refractivity contribution < 1.29 is 55.1 Å². The number of hydrogen-bond acceptors (Lipinski definition) is 0. The minimum atomic E-state index is -4.54. The zero-order valence-electron chi connectivity index (χ0n) is 129. The molecule has 0 bridgehead atoms. The summed E-state index contributed by atoms with van der Waals surface area (Å²) in [5, 5.41) is 0. The predicted octanol–water partition coefficient (Wildman–Crippen LogP) is 51.4. The molecule has 0 spiro atoms. The van der Waals surface area contributed by atoms with Crippen molar-refractivity contribution in [1.29, 1.82) is 0 Å². The minimum absolute atomic E-state index is 0.0903. The third-order valence-corrected chi connectivity index (χ3v) is 24.7. The van der Waals surface area contributed by atoms with Crippen LogP contribution in [0.4, 0.5) is 26.3 Å². The molecule has 0 aliphatic heterocycles. The highest BCUT2D eigenvalue weighted by atomic mass is 19.4. The van der Waals surface area contributed by atoms with E-state index < -0.39 is 96.8 Å². The fourth-order valence-corrected chi connectivity index (χ4v) is 18.4. The van der Waals surface area contributed by atoms with Crippen LogP contribution in [0.5, 0.6) is 0 Å². The van der Waals surface area contributed by atoms with Gasteiger partial charge < -0.3 is 0 Å². The summed E-state index contributed by atoms with van der Waals surface area (Å²) < 4.78 is 234. The molecule has 0 nitrogen and oxygen atoms in total. The first-order chi connectivity index (χ1) is 68.3. The van der Waals surface area contributed by atoms with Gasteiger partial charge in [0, 0.05) is 28.8 Å². The van der Waals surface area contributed by atoms with E-state index in [0.29, 0.717) is 32.5 Å². The van der Waals surface area contributed by atoms with Crippen molar-refractivity contribution >= 4 is 0 Å². The van der Waals surface area contributed by atoms with E-state index in [0.717, 1.165) is 82.0 Å². The zero-order chi connectivity index (χ0) is 133. The van der Waals surface area contributed by atoms with Gasteiger partial charge in [-0.2, -0.15) is 26.3 Å². The standard InChI is InChI=1S/C15H32.2C10H20.2C9H17F3.2C9H18.2C9H20.3C8H18.2C7H16.C6H14/c1-8-12(9-2)14(15(5,6)7)13(10-3)11-4;2*1-10(2,3)9-7-5-4-6-8-9;2*1-7(2,3)6-8(4,5)9(10,11)12;2*1-9(2,3)8-6-4-5-7-8;2*1-8(2,3)7-9(4,5)6;2*1-7(2)6-8(3,4)5;1-6-7(2)8(3,4)5;1-6(2)7(3,4)5;1-5-6-7(2,3)4;1-5-6(2,3)4/h12-14H,8-11H2,1-7H3;2*9H,4-8H2,1-3H3;2*6H2,1-5H3;2*8H,4-7H2,1-3H3;2*7H2,1-6H3;3*7H,6H2,1-5H3;6H,1-5H3;5-6H2,1-4H3;5H2,1-4H3/i;9D;;6D2;;8D;;7D2;;6D2;;2D3,6D2,7D;6D;5D2,6D2;5D2. The van der Waals surface area contributed by atoms with Crippen LogP contribution >= 0.6 is 0 Å². The van der Waals surface area contributed by atoms with Crippen molar-refractivity contribution in [2.75, 3.05) is 0 Å². The molecule has 1 atom stereocenters. The Kier molecular flexibility index (Phi) is 60.4. The van der Waals surface area contributed by atoms with Crippen LogP contribution in [-0.4, -0.2) is 12.4 Å². The molecule has 139 heavy (non-hydrogen) atoms. The van der Waals surface area contributed by atoms with Gasteiger partial charge >= 0.3 is 12.4 Å². The Morgan fingerprint density at radius 1 is 0.288 bits per heavy atom. The van der Waals surface area contributed by atoms with Crippen LogP contribution in [0.2, 0.25) is 0 Å². The lowest BCUT2D eigenvalue weighted by atomic mass is 9.64. The molecule has 0 N–H and O–H groups in total. The Balaban J connectivity index is -0.000000166. The highest BCUT2D eigenvalue weighted by Gasteiger charge is 2.50. The normalized spacial score (nSPS) is 20.1. The monoisotopic (exact) mass is 2020 g/mol. The van der Waals surface area contributed by atoms with E-state index in [1.807, 2.05) is 132 Å². The summed E-state index contributed by atoms with van der Waals surface area (Å²) in [5.74, 6) is 2.99. The van der Waals surface area contributed by atoms with E-state index in [2.05, 4.69) is 228 Å². The topological polar surface area (TPSA) is 0 Å². The van der Waals surface area contributed by atoms with Gasteiger partial charge in [0.05, 0.1) is 10.8 Å². The van der Waals surface area contributed by atoms with Crippen molar-refractivity contribution in [3.63, 3.8) is 0 Å². The molecule has 0 radical (unpaired) electrons. The third kappa shape index (κ3) is 115. The Bertz CT molecular complexity index is 3490. The molecule has 6 heteroatoms. The number of rotatable bonds is 12. The lowest BCUT2D eigenvalue weighted by Gasteiger charge is -2.42. The molecule has 4 aliphatic rings. The fourth-order valence-electron chi connectivity index (χ4n) is 18.4. The molecule has 0 heterocycles. The second kappa shape index (κ2) is 70.7. The maximum Gasteiger partial charge on any atom is 0.393 e. The molecule has 0 amide bonds. The maximum atomic E-state index is 12.6. The first-order valence-electron chi connectivity index (χ1n) is 66.4. The van der Waals surface area contributed by atoms with Gasteiger partial charge in [-0.15, -0.1) is 0 Å². The molecule has 4 saturated carbocycles. The summed E-state index contributed by atoms with van der Waals surface area (Å²) in [6, 6.07) is 0. The largest absolute Gasteiger partial charge is 0.393 e. The second-order valence-corrected chi connectivity index (χ2v) is 62.1. The lowest BCUT2D eigenvalue weighted by molar-refractivity contribution is -0.220. The van der Waals surface area contributed by atoms with E-state index in [-0.39, 0.29) is 73.3 Å². The van der Waals surface area contributed by atoms with E-state index in [4.69, 9.17) is 28.8 Å². The van der Waals surface area contributed by atoms with Gasteiger partial charge in [0.25, 0.3) is 0 Å². The molecule has 0 aromatic rings. The number of alkyl halides is 6. The van der Waals surface area contributed by atoms with Gasteiger partial charge in [-0.3, -0.25) is 0 Å². The van der Waals surface area contributed by atoms with E-state index in [1.165, 1.54) is 170 Å². The first kappa shape index (κ1) is 119. The molecule has 0 aromatic heterocycles. The molecular formula is C133H282F6. The van der Waals surface area contributed by atoms with Crippen LogP contribution in [0.25, 0.3) is 0 Å². The van der Waals surface area contributed by atoms with Crippen LogP contribution in [0.3, 0.4) is 0 Å². The molecule has 4 fully saturated rings. The number of halogens is 6. The van der Waals surface area contributed by atoms with Crippen molar-refractivity contribution in [1.82, 2.24) is 0 Å². The Morgan fingerprint density at radius 2 is 0.547 bits per heavy atom. The molecular weight excluding hydrogens is 1710 g/mol. The summed E-state index contributed by atoms with van der Waals surface area (Å²) >= 11 is 0. The van der Waals surface area contributed by atoms with Crippen molar-refractivity contribution in [2.45, 2.75) is 695 Å². The minimum Gasteiger partial charge on any atom is -0.171 e. The van der Waals surface area contributed by atoms with Crippen molar-refractivity contribution in [3.05, 3.63) is 0 Å². The van der Waals surface area contributed by atoms with E-state index in [9.17, 15) is 26.3 Å². The summed E-state index contributed by atoms with van der Waals surface area (Å²) in [4.78, 5) is 0. The second-order valence-electron chi connectivity index (χ2n) is 62.1. The average molecular weight is 2020 g/mol. The summed E-state index contributed by atoms with van der Waals surface area (Å²) in [6.07, 6.45) is 12.4. The van der Waals surface area contributed by atoms with Crippen molar-refractivity contribution in [2.24, 2.45) is 168 Å². The van der Waals surface area contributed by atoms with Crippen LogP contribution in [-0.2, 0) is 0 Å².